The first-order valence-corrected chi connectivity index (χ1v) is 5.78. The average molecular weight is 272 g/mol. The number of ether oxygens (including phenoxy) is 1. The molecular weight excluding hydrogens is 254 g/mol. The molecule has 0 aromatic heterocycles. The molecule has 1 amide bonds. The van der Waals surface area contributed by atoms with Crippen molar-refractivity contribution in [2.24, 2.45) is 5.73 Å². The van der Waals surface area contributed by atoms with Gasteiger partial charge in [0.25, 0.3) is 0 Å². The lowest BCUT2D eigenvalue weighted by molar-refractivity contribution is -0.134. The maximum Gasteiger partial charge on any atom is 0.387 e. The SMILES string of the molecule is CN(Cc1ccc(OC(F)F)cc1)C(=O)C(C)(C)N. The van der Waals surface area contributed by atoms with E-state index in [2.05, 4.69) is 4.74 Å². The molecule has 4 nitrogen and oxygen atoms in total. The molecule has 0 aliphatic rings. The molecule has 106 valence electrons. The summed E-state index contributed by atoms with van der Waals surface area (Å²) in [5.74, 6) is -0.104. The van der Waals surface area contributed by atoms with Gasteiger partial charge in [-0.2, -0.15) is 8.78 Å². The van der Waals surface area contributed by atoms with Crippen LogP contribution in [0.2, 0.25) is 0 Å². The van der Waals surface area contributed by atoms with Crippen LogP contribution in [0.25, 0.3) is 0 Å². The lowest BCUT2D eigenvalue weighted by Gasteiger charge is -2.25. The summed E-state index contributed by atoms with van der Waals surface area (Å²) >= 11 is 0. The van der Waals surface area contributed by atoms with Crippen molar-refractivity contribution in [3.8, 4) is 5.75 Å². The van der Waals surface area contributed by atoms with Crippen molar-refractivity contribution >= 4 is 5.91 Å². The Kier molecular flexibility index (Phi) is 4.83. The van der Waals surface area contributed by atoms with E-state index in [9.17, 15) is 13.6 Å². The Hall–Kier alpha value is -1.69. The minimum absolute atomic E-state index is 0.0897. The highest BCUT2D eigenvalue weighted by molar-refractivity contribution is 5.84. The van der Waals surface area contributed by atoms with E-state index in [-0.39, 0.29) is 11.7 Å². The van der Waals surface area contributed by atoms with E-state index in [1.54, 1.807) is 33.0 Å². The number of halogens is 2. The van der Waals surface area contributed by atoms with E-state index in [4.69, 9.17) is 5.73 Å². The summed E-state index contributed by atoms with van der Waals surface area (Å²) in [6.07, 6.45) is 0. The number of carbonyl (C=O) groups is 1. The third-order valence-corrected chi connectivity index (χ3v) is 2.47. The second-order valence-electron chi connectivity index (χ2n) is 4.91. The smallest absolute Gasteiger partial charge is 0.387 e. The summed E-state index contributed by atoms with van der Waals surface area (Å²) < 4.78 is 28.2. The van der Waals surface area contributed by atoms with Crippen LogP contribution in [-0.2, 0) is 11.3 Å². The summed E-state index contributed by atoms with van der Waals surface area (Å²) in [6, 6.07) is 6.14. The number of hydrogen-bond acceptors (Lipinski definition) is 3. The summed E-state index contributed by atoms with van der Waals surface area (Å²) in [5.41, 5.74) is 5.59. The van der Waals surface area contributed by atoms with Gasteiger partial charge in [0.1, 0.15) is 5.75 Å². The molecule has 0 fully saturated rings. The molecule has 19 heavy (non-hydrogen) atoms. The average Bonchev–Trinajstić information content (AvgIpc) is 2.28. The van der Waals surface area contributed by atoms with E-state index in [0.717, 1.165) is 5.56 Å². The van der Waals surface area contributed by atoms with Gasteiger partial charge < -0.3 is 15.4 Å². The van der Waals surface area contributed by atoms with Crippen molar-refractivity contribution in [3.05, 3.63) is 29.8 Å². The number of nitrogens with zero attached hydrogens (tertiary/aromatic N) is 1. The molecule has 1 aromatic rings. The highest BCUT2D eigenvalue weighted by atomic mass is 19.3. The molecule has 0 bridgehead atoms. The van der Waals surface area contributed by atoms with Crippen LogP contribution < -0.4 is 10.5 Å². The van der Waals surface area contributed by atoms with Gasteiger partial charge >= 0.3 is 6.61 Å². The van der Waals surface area contributed by atoms with E-state index >= 15 is 0 Å². The lowest BCUT2D eigenvalue weighted by Crippen LogP contribution is -2.49. The molecule has 1 aromatic carbocycles. The topological polar surface area (TPSA) is 55.6 Å². The summed E-state index contributed by atoms with van der Waals surface area (Å²) in [6.45, 7) is 0.777. The first-order chi connectivity index (χ1) is 8.70. The zero-order chi connectivity index (χ0) is 14.6. The number of rotatable bonds is 5. The van der Waals surface area contributed by atoms with Crippen LogP contribution in [0.1, 0.15) is 19.4 Å². The fourth-order valence-corrected chi connectivity index (χ4v) is 1.61. The van der Waals surface area contributed by atoms with Gasteiger partial charge in [0.2, 0.25) is 5.91 Å². The van der Waals surface area contributed by atoms with Crippen LogP contribution >= 0.6 is 0 Å². The molecule has 0 radical (unpaired) electrons. The van der Waals surface area contributed by atoms with E-state index in [1.807, 2.05) is 0 Å². The number of benzene rings is 1. The Labute approximate surface area is 111 Å². The van der Waals surface area contributed by atoms with Gasteiger partial charge in [0, 0.05) is 13.6 Å². The quantitative estimate of drug-likeness (QED) is 0.891. The third-order valence-electron chi connectivity index (χ3n) is 2.47. The third kappa shape index (κ3) is 4.82. The molecule has 6 heteroatoms. The number of likely N-dealkylation sites (N-methyl/N-ethyl adjacent to an activating group) is 1. The number of hydrogen-bond donors (Lipinski definition) is 1. The van der Waals surface area contributed by atoms with Crippen LogP contribution in [0, 0.1) is 0 Å². The molecular formula is C13H18F2N2O2. The van der Waals surface area contributed by atoms with Gasteiger partial charge in [-0.15, -0.1) is 0 Å². The van der Waals surface area contributed by atoms with Gasteiger partial charge in [0.05, 0.1) is 5.54 Å². The van der Waals surface area contributed by atoms with E-state index in [1.165, 1.54) is 17.0 Å². The minimum atomic E-state index is -2.84. The first kappa shape index (κ1) is 15.4. The van der Waals surface area contributed by atoms with Gasteiger partial charge in [-0.3, -0.25) is 4.79 Å². The molecule has 0 spiro atoms. The van der Waals surface area contributed by atoms with E-state index < -0.39 is 12.2 Å². The Morgan fingerprint density at radius 1 is 1.37 bits per heavy atom. The summed E-state index contributed by atoms with van der Waals surface area (Å²) in [7, 11) is 1.64. The van der Waals surface area contributed by atoms with Crippen LogP contribution in [0.15, 0.2) is 24.3 Å². The van der Waals surface area contributed by atoms with Crippen molar-refractivity contribution < 1.29 is 18.3 Å². The van der Waals surface area contributed by atoms with Crippen LogP contribution in [0.5, 0.6) is 5.75 Å². The number of amides is 1. The first-order valence-electron chi connectivity index (χ1n) is 5.78. The normalized spacial score (nSPS) is 11.5. The second-order valence-corrected chi connectivity index (χ2v) is 4.91. The van der Waals surface area contributed by atoms with Gasteiger partial charge in [-0.05, 0) is 31.5 Å². The number of carbonyl (C=O) groups excluding carboxylic acids is 1. The van der Waals surface area contributed by atoms with Crippen molar-refractivity contribution in [2.75, 3.05) is 7.05 Å². The van der Waals surface area contributed by atoms with Gasteiger partial charge in [-0.25, -0.2) is 0 Å². The molecule has 0 aliphatic carbocycles. The maximum atomic E-state index is 12.0. The second kappa shape index (κ2) is 5.97. The predicted molar refractivity (Wildman–Crippen MR) is 67.8 cm³/mol. The number of alkyl halides is 2. The molecule has 2 N–H and O–H groups in total. The lowest BCUT2D eigenvalue weighted by atomic mass is 10.1. The van der Waals surface area contributed by atoms with Crippen molar-refractivity contribution in [1.29, 1.82) is 0 Å². The fraction of sp³-hybridized carbons (Fsp3) is 0.462. The zero-order valence-electron chi connectivity index (χ0n) is 11.2. The van der Waals surface area contributed by atoms with Crippen LogP contribution in [-0.4, -0.2) is 30.0 Å². The maximum absolute atomic E-state index is 12.0. The predicted octanol–water partition coefficient (Wildman–Crippen LogP) is 1.98. The Morgan fingerprint density at radius 2 is 1.89 bits per heavy atom. The molecule has 0 saturated carbocycles. The summed E-state index contributed by atoms with van der Waals surface area (Å²) in [4.78, 5) is 13.3. The zero-order valence-corrected chi connectivity index (χ0v) is 11.2. The van der Waals surface area contributed by atoms with Crippen molar-refractivity contribution in [2.45, 2.75) is 32.5 Å². The monoisotopic (exact) mass is 272 g/mol. The molecule has 0 heterocycles. The summed E-state index contributed by atoms with van der Waals surface area (Å²) in [5, 5.41) is 0. The molecule has 0 atom stereocenters. The Bertz CT molecular complexity index is 427. The fourth-order valence-electron chi connectivity index (χ4n) is 1.61. The molecule has 0 unspecified atom stereocenters. The van der Waals surface area contributed by atoms with Crippen molar-refractivity contribution in [3.63, 3.8) is 0 Å². The minimum Gasteiger partial charge on any atom is -0.435 e. The van der Waals surface area contributed by atoms with Crippen LogP contribution in [0.4, 0.5) is 8.78 Å². The Morgan fingerprint density at radius 3 is 2.32 bits per heavy atom. The largest absolute Gasteiger partial charge is 0.435 e. The van der Waals surface area contributed by atoms with Gasteiger partial charge in [0.15, 0.2) is 0 Å². The molecule has 0 saturated heterocycles. The van der Waals surface area contributed by atoms with Crippen molar-refractivity contribution in [1.82, 2.24) is 4.90 Å². The Balaban J connectivity index is 2.65. The molecule has 0 aliphatic heterocycles. The highest BCUT2D eigenvalue weighted by Crippen LogP contribution is 2.16. The van der Waals surface area contributed by atoms with Gasteiger partial charge in [-0.1, -0.05) is 12.1 Å². The standard InChI is InChI=1S/C13H18F2N2O2/c1-13(2,16)11(18)17(3)8-9-4-6-10(7-5-9)19-12(14)15/h4-7,12H,8,16H2,1-3H3. The van der Waals surface area contributed by atoms with Crippen LogP contribution in [0.3, 0.4) is 0 Å². The number of nitrogens with two attached hydrogens (primary N) is 1. The molecule has 1 rings (SSSR count). The van der Waals surface area contributed by atoms with E-state index in [0.29, 0.717) is 6.54 Å². The highest BCUT2D eigenvalue weighted by Gasteiger charge is 2.25.